The van der Waals surface area contributed by atoms with Crippen LogP contribution in [0.15, 0.2) is 48.5 Å². The van der Waals surface area contributed by atoms with E-state index < -0.39 is 0 Å². The van der Waals surface area contributed by atoms with E-state index in [1.54, 1.807) is 12.1 Å². The number of nitrogens with one attached hydrogen (secondary N) is 1. The van der Waals surface area contributed by atoms with Crippen molar-refractivity contribution in [1.82, 2.24) is 4.90 Å². The average molecular weight is 346 g/mol. The second kappa shape index (κ2) is 7.49. The summed E-state index contributed by atoms with van der Waals surface area (Å²) in [6.07, 6.45) is -0.104. The van der Waals surface area contributed by atoms with Gasteiger partial charge in [-0.2, -0.15) is 0 Å². The van der Waals surface area contributed by atoms with E-state index in [0.717, 1.165) is 23.7 Å². The molecule has 0 bridgehead atoms. The minimum atomic E-state index is -0.273. The van der Waals surface area contributed by atoms with Crippen LogP contribution in [0.25, 0.3) is 0 Å². The van der Waals surface area contributed by atoms with Gasteiger partial charge in [0.05, 0.1) is 6.54 Å². The molecule has 1 atom stereocenters. The van der Waals surface area contributed by atoms with Crippen LogP contribution in [0.1, 0.15) is 6.92 Å². The predicted molar refractivity (Wildman–Crippen MR) is 96.2 cm³/mol. The molecule has 0 aliphatic carbocycles. The lowest BCUT2D eigenvalue weighted by Gasteiger charge is -2.32. The zero-order valence-corrected chi connectivity index (χ0v) is 14.2. The number of hydrogen-bond donors (Lipinski definition) is 1. The van der Waals surface area contributed by atoms with Crippen molar-refractivity contribution < 1.29 is 13.9 Å². The van der Waals surface area contributed by atoms with Crippen molar-refractivity contribution >= 4 is 23.0 Å². The Balaban J connectivity index is 1.60. The lowest BCUT2D eigenvalue weighted by Crippen LogP contribution is -2.45. The van der Waals surface area contributed by atoms with Gasteiger partial charge in [-0.1, -0.05) is 12.1 Å². The third-order valence-corrected chi connectivity index (χ3v) is 4.12. The summed E-state index contributed by atoms with van der Waals surface area (Å²) >= 11 is 5.46. The average Bonchev–Trinajstić information content (AvgIpc) is 2.61. The third kappa shape index (κ3) is 3.94. The highest BCUT2D eigenvalue weighted by molar-refractivity contribution is 7.80. The molecule has 0 fully saturated rings. The molecule has 126 valence electrons. The summed E-state index contributed by atoms with van der Waals surface area (Å²) in [5.41, 5.74) is 0.756. The first kappa shape index (κ1) is 16.5. The molecular weight excluding hydrogens is 327 g/mol. The monoisotopic (exact) mass is 346 g/mol. The molecule has 1 N–H and O–H groups in total. The largest absolute Gasteiger partial charge is 0.486 e. The Morgan fingerprint density at radius 2 is 1.92 bits per heavy atom. The van der Waals surface area contributed by atoms with Gasteiger partial charge in [0.15, 0.2) is 22.7 Å². The van der Waals surface area contributed by atoms with Gasteiger partial charge in [-0.05, 0) is 55.5 Å². The van der Waals surface area contributed by atoms with E-state index in [1.165, 1.54) is 12.1 Å². The number of likely N-dealkylation sites (N-methyl/N-ethyl adjacent to an activating group) is 1. The lowest BCUT2D eigenvalue weighted by atomic mass is 10.2. The Labute approximate surface area is 146 Å². The van der Waals surface area contributed by atoms with E-state index in [4.69, 9.17) is 21.7 Å². The van der Waals surface area contributed by atoms with Gasteiger partial charge < -0.3 is 19.7 Å². The molecule has 0 unspecified atom stereocenters. The summed E-state index contributed by atoms with van der Waals surface area (Å²) in [5.74, 6) is 1.25. The van der Waals surface area contributed by atoms with Gasteiger partial charge in [-0.25, -0.2) is 4.39 Å². The van der Waals surface area contributed by atoms with Crippen molar-refractivity contribution in [3.8, 4) is 11.5 Å². The molecule has 1 heterocycles. The number of rotatable bonds is 4. The smallest absolute Gasteiger partial charge is 0.173 e. The van der Waals surface area contributed by atoms with Crippen LogP contribution in [0.3, 0.4) is 0 Å². The molecule has 2 aromatic rings. The number of fused-ring (bicyclic) bond motifs is 1. The zero-order valence-electron chi connectivity index (χ0n) is 13.4. The predicted octanol–water partition coefficient (Wildman–Crippen LogP) is 3.68. The normalized spacial score (nSPS) is 15.7. The molecule has 0 aromatic heterocycles. The van der Waals surface area contributed by atoms with Gasteiger partial charge in [0.25, 0.3) is 0 Å². The van der Waals surface area contributed by atoms with Gasteiger partial charge in [-0.15, -0.1) is 0 Å². The van der Waals surface area contributed by atoms with Gasteiger partial charge in [0.1, 0.15) is 12.4 Å². The van der Waals surface area contributed by atoms with Crippen LogP contribution >= 0.6 is 12.2 Å². The molecule has 1 aliphatic heterocycles. The molecule has 0 amide bonds. The van der Waals surface area contributed by atoms with Crippen molar-refractivity contribution in [2.75, 3.05) is 25.0 Å². The molecule has 6 heteroatoms. The molecule has 0 saturated heterocycles. The summed E-state index contributed by atoms with van der Waals surface area (Å²) < 4.78 is 24.7. The lowest BCUT2D eigenvalue weighted by molar-refractivity contribution is 0.0754. The van der Waals surface area contributed by atoms with Crippen molar-refractivity contribution in [2.45, 2.75) is 13.0 Å². The highest BCUT2D eigenvalue weighted by Crippen LogP contribution is 2.31. The number of benzene rings is 2. The number of anilines is 1. The van der Waals surface area contributed by atoms with Crippen LogP contribution in [0.5, 0.6) is 11.5 Å². The van der Waals surface area contributed by atoms with Crippen molar-refractivity contribution in [1.29, 1.82) is 0 Å². The minimum absolute atomic E-state index is 0.104. The maximum atomic E-state index is 13.0. The van der Waals surface area contributed by atoms with Crippen molar-refractivity contribution in [3.63, 3.8) is 0 Å². The first-order chi connectivity index (χ1) is 11.7. The van der Waals surface area contributed by atoms with E-state index in [9.17, 15) is 4.39 Å². The number of hydrogen-bond acceptors (Lipinski definition) is 3. The fourth-order valence-electron chi connectivity index (χ4n) is 2.49. The Hall–Kier alpha value is -2.34. The van der Waals surface area contributed by atoms with Gasteiger partial charge in [0, 0.05) is 12.2 Å². The molecule has 24 heavy (non-hydrogen) atoms. The summed E-state index contributed by atoms with van der Waals surface area (Å²) in [6, 6.07) is 13.7. The van der Waals surface area contributed by atoms with Crippen LogP contribution in [0, 0.1) is 5.82 Å². The Kier molecular flexibility index (Phi) is 5.15. The van der Waals surface area contributed by atoms with E-state index >= 15 is 0 Å². The Morgan fingerprint density at radius 3 is 2.62 bits per heavy atom. The van der Waals surface area contributed by atoms with Gasteiger partial charge in [-0.3, -0.25) is 0 Å². The van der Waals surface area contributed by atoms with Crippen LogP contribution in [-0.2, 0) is 0 Å². The van der Waals surface area contributed by atoms with E-state index in [0.29, 0.717) is 18.3 Å². The van der Waals surface area contributed by atoms with E-state index in [2.05, 4.69) is 5.32 Å². The molecule has 3 rings (SSSR count). The summed E-state index contributed by atoms with van der Waals surface area (Å²) in [7, 11) is 0. The van der Waals surface area contributed by atoms with Crippen LogP contribution in [0.4, 0.5) is 10.1 Å². The van der Waals surface area contributed by atoms with Gasteiger partial charge in [0.2, 0.25) is 0 Å². The second-order valence-electron chi connectivity index (χ2n) is 5.47. The van der Waals surface area contributed by atoms with E-state index in [-0.39, 0.29) is 11.9 Å². The van der Waals surface area contributed by atoms with Gasteiger partial charge >= 0.3 is 0 Å². The maximum absolute atomic E-state index is 13.0. The molecule has 0 spiro atoms. The quantitative estimate of drug-likeness (QED) is 0.854. The summed E-state index contributed by atoms with van der Waals surface area (Å²) in [5, 5.41) is 3.70. The number of nitrogens with zero attached hydrogens (tertiary/aromatic N) is 1. The zero-order chi connectivity index (χ0) is 16.9. The Bertz CT molecular complexity index is 708. The molecule has 1 aliphatic rings. The highest BCUT2D eigenvalue weighted by Gasteiger charge is 2.23. The first-order valence-corrected chi connectivity index (χ1v) is 8.26. The first-order valence-electron chi connectivity index (χ1n) is 7.85. The second-order valence-corrected chi connectivity index (χ2v) is 5.86. The van der Waals surface area contributed by atoms with Crippen LogP contribution < -0.4 is 14.8 Å². The topological polar surface area (TPSA) is 33.7 Å². The van der Waals surface area contributed by atoms with Crippen molar-refractivity contribution in [3.05, 3.63) is 54.3 Å². The highest BCUT2D eigenvalue weighted by atomic mass is 32.1. The SMILES string of the molecule is CCN(C[C@@H]1COc2ccccc2O1)C(=S)Nc1ccc(F)cc1. The molecule has 4 nitrogen and oxygen atoms in total. The molecular formula is C18H19FN2O2S. The summed E-state index contributed by atoms with van der Waals surface area (Å²) in [6.45, 7) is 3.84. The number of thiocarbonyl (C=S) groups is 1. The number of halogens is 1. The fraction of sp³-hybridized carbons (Fsp3) is 0.278. The molecule has 0 saturated carbocycles. The molecule has 2 aromatic carbocycles. The van der Waals surface area contributed by atoms with Crippen LogP contribution in [-0.4, -0.2) is 35.8 Å². The third-order valence-electron chi connectivity index (χ3n) is 3.76. The molecule has 0 radical (unpaired) electrons. The Morgan fingerprint density at radius 1 is 1.21 bits per heavy atom. The van der Waals surface area contributed by atoms with Crippen LogP contribution in [0.2, 0.25) is 0 Å². The maximum Gasteiger partial charge on any atom is 0.173 e. The standard InChI is InChI=1S/C18H19FN2O2S/c1-2-21(18(24)20-14-9-7-13(19)8-10-14)11-15-12-22-16-5-3-4-6-17(16)23-15/h3-10,15H,2,11-12H2,1H3,(H,20,24)/t15-/m1/s1. The van der Waals surface area contributed by atoms with Crippen molar-refractivity contribution in [2.24, 2.45) is 0 Å². The number of para-hydroxylation sites is 2. The minimum Gasteiger partial charge on any atom is -0.486 e. The number of ether oxygens (including phenoxy) is 2. The fourth-order valence-corrected chi connectivity index (χ4v) is 2.81. The van der Waals surface area contributed by atoms with E-state index in [1.807, 2.05) is 36.1 Å². The summed E-state index contributed by atoms with van der Waals surface area (Å²) in [4.78, 5) is 2.00.